The molecule has 2 aromatic rings. The van der Waals surface area contributed by atoms with Crippen molar-refractivity contribution in [3.63, 3.8) is 0 Å². The summed E-state index contributed by atoms with van der Waals surface area (Å²) in [7, 11) is 0. The van der Waals surface area contributed by atoms with Gasteiger partial charge in [-0.05, 0) is 61.8 Å². The van der Waals surface area contributed by atoms with E-state index in [0.29, 0.717) is 23.4 Å². The van der Waals surface area contributed by atoms with E-state index in [1.54, 1.807) is 30.3 Å². The number of ketones is 1. The van der Waals surface area contributed by atoms with Crippen LogP contribution in [0.1, 0.15) is 34.3 Å². The highest BCUT2D eigenvalue weighted by atomic mass is 32.2. The second-order valence-electron chi connectivity index (χ2n) is 6.07. The lowest BCUT2D eigenvalue weighted by Crippen LogP contribution is -2.43. The molecule has 8 nitrogen and oxygen atoms in total. The number of benzene rings is 1. The number of carbonyl (C=O) groups excluding carboxylic acids is 4. The number of esters is 1. The van der Waals surface area contributed by atoms with E-state index >= 15 is 0 Å². The first kappa shape index (κ1) is 22.2. The van der Waals surface area contributed by atoms with E-state index in [0.717, 1.165) is 0 Å². The summed E-state index contributed by atoms with van der Waals surface area (Å²) in [5, 5.41) is 5.13. The van der Waals surface area contributed by atoms with Crippen LogP contribution < -0.4 is 10.6 Å². The molecule has 0 aliphatic carbocycles. The van der Waals surface area contributed by atoms with Gasteiger partial charge in [-0.3, -0.25) is 14.4 Å². The number of nitrogens with one attached hydrogen (secondary N) is 2. The standard InChI is InChI=1S/C20H22N2O6S/c1-13(23)14-5-7-15(8-6-14)21-18(24)12-28-20(26)16(9-11-29-2)22-19(25)17-4-3-10-27-17/h3-8,10,16H,9,11-12H2,1-2H3,(H,21,24)(H,22,25)/t16-/m0/s1. The summed E-state index contributed by atoms with van der Waals surface area (Å²) in [5.41, 5.74) is 1.000. The molecule has 0 unspecified atom stereocenters. The fraction of sp³-hybridized carbons (Fsp3) is 0.300. The van der Waals surface area contributed by atoms with Crippen molar-refractivity contribution in [2.75, 3.05) is 23.9 Å². The molecule has 1 aromatic carbocycles. The van der Waals surface area contributed by atoms with Crippen molar-refractivity contribution in [3.05, 3.63) is 54.0 Å². The van der Waals surface area contributed by atoms with Gasteiger partial charge in [-0.15, -0.1) is 0 Å². The van der Waals surface area contributed by atoms with E-state index < -0.39 is 30.4 Å². The summed E-state index contributed by atoms with van der Waals surface area (Å²) in [6, 6.07) is 8.50. The van der Waals surface area contributed by atoms with Gasteiger partial charge in [-0.1, -0.05) is 0 Å². The summed E-state index contributed by atoms with van der Waals surface area (Å²) in [6.45, 7) is 0.949. The molecule has 0 radical (unpaired) electrons. The average molecular weight is 418 g/mol. The van der Waals surface area contributed by atoms with Crippen LogP contribution in [0.2, 0.25) is 0 Å². The molecule has 154 valence electrons. The molecule has 0 bridgehead atoms. The Bertz CT molecular complexity index is 848. The molecule has 1 aromatic heterocycles. The predicted molar refractivity (Wildman–Crippen MR) is 109 cm³/mol. The SMILES string of the molecule is CSCC[C@H](NC(=O)c1ccco1)C(=O)OCC(=O)Nc1ccc(C(C)=O)cc1. The molecule has 2 amide bonds. The number of rotatable bonds is 10. The van der Waals surface area contributed by atoms with Gasteiger partial charge in [0, 0.05) is 11.3 Å². The third kappa shape index (κ3) is 7.11. The predicted octanol–water partition coefficient (Wildman–Crippen LogP) is 2.52. The highest BCUT2D eigenvalue weighted by Gasteiger charge is 2.24. The molecule has 0 fully saturated rings. The zero-order chi connectivity index (χ0) is 21.2. The van der Waals surface area contributed by atoms with E-state index in [4.69, 9.17) is 9.15 Å². The molecule has 0 aliphatic rings. The van der Waals surface area contributed by atoms with Gasteiger partial charge in [-0.2, -0.15) is 11.8 Å². The molecule has 1 heterocycles. The van der Waals surface area contributed by atoms with Crippen molar-refractivity contribution < 1.29 is 28.3 Å². The number of ether oxygens (including phenoxy) is 1. The van der Waals surface area contributed by atoms with Crippen molar-refractivity contribution in [3.8, 4) is 0 Å². The number of carbonyl (C=O) groups is 4. The van der Waals surface area contributed by atoms with Crippen molar-refractivity contribution in [2.45, 2.75) is 19.4 Å². The minimum absolute atomic E-state index is 0.0790. The summed E-state index contributed by atoms with van der Waals surface area (Å²) in [6.07, 6.45) is 3.58. The normalized spacial score (nSPS) is 11.4. The highest BCUT2D eigenvalue weighted by Crippen LogP contribution is 2.10. The molecule has 0 aliphatic heterocycles. The Balaban J connectivity index is 1.88. The number of Topliss-reactive ketones (excluding diaryl/α,β-unsaturated/α-hetero) is 1. The highest BCUT2D eigenvalue weighted by molar-refractivity contribution is 7.98. The van der Waals surface area contributed by atoms with Crippen molar-refractivity contribution in [1.29, 1.82) is 0 Å². The van der Waals surface area contributed by atoms with E-state index in [1.807, 2.05) is 6.26 Å². The van der Waals surface area contributed by atoms with E-state index in [2.05, 4.69) is 10.6 Å². The quantitative estimate of drug-likeness (QED) is 0.450. The molecule has 9 heteroatoms. The Morgan fingerprint density at radius 2 is 1.86 bits per heavy atom. The largest absolute Gasteiger partial charge is 0.459 e. The second-order valence-corrected chi connectivity index (χ2v) is 7.06. The Kier molecular flexibility index (Phi) is 8.47. The summed E-state index contributed by atoms with van der Waals surface area (Å²) >= 11 is 1.52. The third-order valence-corrected chi connectivity index (χ3v) is 4.51. The van der Waals surface area contributed by atoms with E-state index in [9.17, 15) is 19.2 Å². The monoisotopic (exact) mass is 418 g/mol. The van der Waals surface area contributed by atoms with Gasteiger partial charge in [0.15, 0.2) is 18.2 Å². The molecule has 0 saturated carbocycles. The van der Waals surface area contributed by atoms with Crippen LogP contribution in [-0.2, 0) is 14.3 Å². The van der Waals surface area contributed by atoms with Crippen LogP contribution in [0.15, 0.2) is 47.1 Å². The molecule has 1 atom stereocenters. The number of hydrogen-bond acceptors (Lipinski definition) is 7. The van der Waals surface area contributed by atoms with Crippen LogP contribution in [0.4, 0.5) is 5.69 Å². The minimum Gasteiger partial charge on any atom is -0.459 e. The molecule has 29 heavy (non-hydrogen) atoms. The van der Waals surface area contributed by atoms with Gasteiger partial charge in [0.05, 0.1) is 6.26 Å². The Morgan fingerprint density at radius 1 is 1.14 bits per heavy atom. The smallest absolute Gasteiger partial charge is 0.329 e. The minimum atomic E-state index is -0.900. The maximum atomic E-state index is 12.3. The van der Waals surface area contributed by atoms with Gasteiger partial charge < -0.3 is 19.8 Å². The van der Waals surface area contributed by atoms with Gasteiger partial charge >= 0.3 is 5.97 Å². The first-order valence-electron chi connectivity index (χ1n) is 8.81. The van der Waals surface area contributed by atoms with E-state index in [-0.39, 0.29) is 11.5 Å². The van der Waals surface area contributed by atoms with Crippen LogP contribution >= 0.6 is 11.8 Å². The van der Waals surface area contributed by atoms with Crippen LogP contribution in [0, 0.1) is 0 Å². The topological polar surface area (TPSA) is 115 Å². The van der Waals surface area contributed by atoms with Crippen LogP contribution in [0.3, 0.4) is 0 Å². The molecular formula is C20H22N2O6S. The fourth-order valence-corrected chi connectivity index (χ4v) is 2.82. The Labute approximate surface area is 172 Å². The first-order chi connectivity index (χ1) is 13.9. The zero-order valence-corrected chi connectivity index (χ0v) is 16.9. The first-order valence-corrected chi connectivity index (χ1v) is 10.2. The molecule has 2 rings (SSSR count). The third-order valence-electron chi connectivity index (χ3n) is 3.87. The molecule has 0 spiro atoms. The van der Waals surface area contributed by atoms with Crippen molar-refractivity contribution >= 4 is 41.0 Å². The van der Waals surface area contributed by atoms with Crippen LogP contribution in [-0.4, -0.2) is 48.2 Å². The summed E-state index contributed by atoms with van der Waals surface area (Å²) in [4.78, 5) is 47.7. The lowest BCUT2D eigenvalue weighted by atomic mass is 10.1. The lowest BCUT2D eigenvalue weighted by Gasteiger charge is -2.16. The average Bonchev–Trinajstić information content (AvgIpc) is 3.24. The van der Waals surface area contributed by atoms with Crippen LogP contribution in [0.25, 0.3) is 0 Å². The number of amides is 2. The summed E-state index contributed by atoms with van der Waals surface area (Å²) in [5.74, 6) is -1.15. The Hall–Kier alpha value is -3.07. The van der Waals surface area contributed by atoms with Crippen LogP contribution in [0.5, 0.6) is 0 Å². The van der Waals surface area contributed by atoms with Gasteiger partial charge in [0.1, 0.15) is 6.04 Å². The fourth-order valence-electron chi connectivity index (χ4n) is 2.34. The number of anilines is 1. The van der Waals surface area contributed by atoms with Gasteiger partial charge in [0.2, 0.25) is 0 Å². The number of thioether (sulfide) groups is 1. The maximum absolute atomic E-state index is 12.3. The molecule has 0 saturated heterocycles. The Morgan fingerprint density at radius 3 is 2.45 bits per heavy atom. The number of furan rings is 1. The van der Waals surface area contributed by atoms with E-state index in [1.165, 1.54) is 31.0 Å². The van der Waals surface area contributed by atoms with Crippen molar-refractivity contribution in [2.24, 2.45) is 0 Å². The zero-order valence-electron chi connectivity index (χ0n) is 16.1. The second kappa shape index (κ2) is 11.1. The summed E-state index contributed by atoms with van der Waals surface area (Å²) < 4.78 is 10.1. The molecular weight excluding hydrogens is 396 g/mol. The number of hydrogen-bond donors (Lipinski definition) is 2. The maximum Gasteiger partial charge on any atom is 0.329 e. The van der Waals surface area contributed by atoms with Gasteiger partial charge in [-0.25, -0.2) is 4.79 Å². The van der Waals surface area contributed by atoms with Crippen molar-refractivity contribution in [1.82, 2.24) is 5.32 Å². The lowest BCUT2D eigenvalue weighted by molar-refractivity contribution is -0.149. The van der Waals surface area contributed by atoms with Gasteiger partial charge in [0.25, 0.3) is 11.8 Å². The molecule has 2 N–H and O–H groups in total.